The van der Waals surface area contributed by atoms with Gasteiger partial charge in [0.2, 0.25) is 11.8 Å². The Morgan fingerprint density at radius 3 is 2.32 bits per heavy atom. The van der Waals surface area contributed by atoms with Gasteiger partial charge in [0.25, 0.3) is 0 Å². The Kier molecular flexibility index (Phi) is 8.26. The number of amides is 2. The van der Waals surface area contributed by atoms with E-state index in [2.05, 4.69) is 5.32 Å². The van der Waals surface area contributed by atoms with Gasteiger partial charge in [-0.15, -0.1) is 0 Å². The SMILES string of the molecule is CC(C)[C@H](C[C@H](O)[C@@H](N)CN1CC(=O)N(c2c(F)cccc2F)CC1(C)C)C(=O)NC1C2CC3CC1CC(O)(C3)C2. The van der Waals surface area contributed by atoms with Crippen molar-refractivity contribution >= 4 is 17.5 Å². The number of aliphatic hydroxyl groups is 2. The van der Waals surface area contributed by atoms with Crippen LogP contribution in [-0.4, -0.2) is 75.9 Å². The first-order chi connectivity index (χ1) is 19.2. The molecule has 228 valence electrons. The standard InChI is InChI=1S/C31H46F2N4O4/c1-17(2)21(29(40)35-27-19-8-18-9-20(27)13-31(41,11-18)12-19)10-25(38)24(34)14-36-15-26(39)37(16-30(36,3)4)28-22(32)6-5-7-23(28)33/h5-7,17-21,24-25,27,38,41H,8-16,34H2,1-4H3,(H,35,40)/t18?,19?,20?,21-,24-,25-,27?,31?/m0/s1. The van der Waals surface area contributed by atoms with Crippen LogP contribution in [0.15, 0.2) is 18.2 Å². The van der Waals surface area contributed by atoms with E-state index < -0.39 is 46.7 Å². The third-order valence-corrected chi connectivity index (χ3v) is 10.3. The Hall–Kier alpha value is -2.14. The Morgan fingerprint density at radius 1 is 1.15 bits per heavy atom. The fraction of sp³-hybridized carbons (Fsp3) is 0.742. The van der Waals surface area contributed by atoms with Crippen LogP contribution in [0.25, 0.3) is 0 Å². The van der Waals surface area contributed by atoms with Gasteiger partial charge in [0.15, 0.2) is 0 Å². The summed E-state index contributed by atoms with van der Waals surface area (Å²) in [6.45, 7) is 7.81. The smallest absolute Gasteiger partial charge is 0.241 e. The zero-order valence-electron chi connectivity index (χ0n) is 24.7. The number of nitrogens with zero attached hydrogens (tertiary/aromatic N) is 2. The van der Waals surface area contributed by atoms with E-state index in [9.17, 15) is 28.6 Å². The van der Waals surface area contributed by atoms with Crippen molar-refractivity contribution in [2.24, 2.45) is 35.3 Å². The molecule has 5 N–H and O–H groups in total. The lowest BCUT2D eigenvalue weighted by Gasteiger charge is -2.58. The van der Waals surface area contributed by atoms with Crippen LogP contribution in [0, 0.1) is 41.2 Å². The van der Waals surface area contributed by atoms with Gasteiger partial charge in [0, 0.05) is 36.6 Å². The summed E-state index contributed by atoms with van der Waals surface area (Å²) in [5.41, 5.74) is 4.87. The molecule has 1 saturated heterocycles. The highest BCUT2D eigenvalue weighted by Crippen LogP contribution is 2.55. The lowest BCUT2D eigenvalue weighted by atomic mass is 9.52. The van der Waals surface area contributed by atoms with Crippen LogP contribution < -0.4 is 16.0 Å². The predicted octanol–water partition coefficient (Wildman–Crippen LogP) is 2.80. The second-order valence-corrected chi connectivity index (χ2v) is 14.3. The molecule has 6 rings (SSSR count). The van der Waals surface area contributed by atoms with Gasteiger partial charge in [0.1, 0.15) is 17.3 Å². The summed E-state index contributed by atoms with van der Waals surface area (Å²) in [5.74, 6) is -1.42. The summed E-state index contributed by atoms with van der Waals surface area (Å²) in [6, 6.07) is 2.85. The summed E-state index contributed by atoms with van der Waals surface area (Å²) in [6.07, 6.45) is 3.68. The number of halogens is 2. The van der Waals surface area contributed by atoms with Crippen LogP contribution in [0.2, 0.25) is 0 Å². The Morgan fingerprint density at radius 2 is 1.76 bits per heavy atom. The number of hydrogen-bond donors (Lipinski definition) is 4. The maximum absolute atomic E-state index is 14.4. The van der Waals surface area contributed by atoms with Gasteiger partial charge in [-0.3, -0.25) is 14.5 Å². The maximum atomic E-state index is 14.4. The van der Waals surface area contributed by atoms with Crippen LogP contribution in [0.3, 0.4) is 0 Å². The number of hydrogen-bond acceptors (Lipinski definition) is 6. The van der Waals surface area contributed by atoms with Crippen LogP contribution in [0.5, 0.6) is 0 Å². The molecule has 0 spiro atoms. The van der Waals surface area contributed by atoms with Crippen LogP contribution in [-0.2, 0) is 9.59 Å². The highest BCUT2D eigenvalue weighted by molar-refractivity contribution is 5.96. The molecule has 8 nitrogen and oxygen atoms in total. The fourth-order valence-corrected chi connectivity index (χ4v) is 8.28. The molecule has 1 heterocycles. The quantitative estimate of drug-likeness (QED) is 0.359. The van der Waals surface area contributed by atoms with Crippen molar-refractivity contribution in [3.8, 4) is 0 Å². The predicted molar refractivity (Wildman–Crippen MR) is 152 cm³/mol. The van der Waals surface area contributed by atoms with E-state index in [0.29, 0.717) is 17.8 Å². The minimum atomic E-state index is -0.986. The van der Waals surface area contributed by atoms with Gasteiger partial charge in [-0.2, -0.15) is 0 Å². The summed E-state index contributed by atoms with van der Waals surface area (Å²) in [4.78, 5) is 29.5. The maximum Gasteiger partial charge on any atom is 0.241 e. The van der Waals surface area contributed by atoms with Crippen molar-refractivity contribution < 1.29 is 28.6 Å². The monoisotopic (exact) mass is 576 g/mol. The van der Waals surface area contributed by atoms with Crippen molar-refractivity contribution in [2.75, 3.05) is 24.5 Å². The van der Waals surface area contributed by atoms with E-state index in [1.807, 2.05) is 32.6 Å². The highest BCUT2D eigenvalue weighted by Gasteiger charge is 2.55. The minimum absolute atomic E-state index is 0.0184. The first kappa shape index (κ1) is 30.3. The van der Waals surface area contributed by atoms with Crippen molar-refractivity contribution in [1.29, 1.82) is 0 Å². The number of carbonyl (C=O) groups excluding carboxylic acids is 2. The van der Waals surface area contributed by atoms with E-state index in [1.165, 1.54) is 6.07 Å². The van der Waals surface area contributed by atoms with Crippen LogP contribution in [0.4, 0.5) is 14.5 Å². The van der Waals surface area contributed by atoms with Gasteiger partial charge in [-0.05, 0) is 88.2 Å². The van der Waals surface area contributed by atoms with E-state index in [4.69, 9.17) is 5.73 Å². The number of nitrogens with one attached hydrogen (secondary N) is 1. The molecule has 1 aliphatic heterocycles. The Bertz CT molecular complexity index is 1130. The molecule has 1 aromatic carbocycles. The van der Waals surface area contributed by atoms with E-state index in [0.717, 1.165) is 49.1 Å². The average molecular weight is 577 g/mol. The molecule has 5 fully saturated rings. The third kappa shape index (κ3) is 6.03. The molecule has 41 heavy (non-hydrogen) atoms. The Balaban J connectivity index is 1.20. The van der Waals surface area contributed by atoms with Gasteiger partial charge >= 0.3 is 0 Å². The second kappa shape index (κ2) is 11.2. The fourth-order valence-electron chi connectivity index (χ4n) is 8.28. The first-order valence-electron chi connectivity index (χ1n) is 15.1. The van der Waals surface area contributed by atoms with Crippen molar-refractivity contribution in [2.45, 2.75) is 95.5 Å². The van der Waals surface area contributed by atoms with Gasteiger partial charge in [-0.25, -0.2) is 8.78 Å². The van der Waals surface area contributed by atoms with Crippen LogP contribution >= 0.6 is 0 Å². The minimum Gasteiger partial charge on any atom is -0.391 e. The molecule has 4 saturated carbocycles. The van der Waals surface area contributed by atoms with Crippen molar-refractivity contribution in [3.63, 3.8) is 0 Å². The Labute approximate surface area is 241 Å². The molecular formula is C31H46F2N4O4. The lowest BCUT2D eigenvalue weighted by molar-refractivity contribution is -0.149. The molecule has 4 bridgehead atoms. The number of piperazine rings is 1. The highest BCUT2D eigenvalue weighted by atomic mass is 19.1. The zero-order valence-corrected chi connectivity index (χ0v) is 24.7. The van der Waals surface area contributed by atoms with Gasteiger partial charge < -0.3 is 26.2 Å². The number of carbonyl (C=O) groups is 2. The number of para-hydroxylation sites is 1. The lowest BCUT2D eigenvalue weighted by Crippen LogP contribution is -2.65. The van der Waals surface area contributed by atoms with E-state index >= 15 is 0 Å². The van der Waals surface area contributed by atoms with E-state index in [1.54, 1.807) is 0 Å². The number of nitrogens with two attached hydrogens (primary N) is 1. The number of benzene rings is 1. The van der Waals surface area contributed by atoms with Crippen molar-refractivity contribution in [3.05, 3.63) is 29.8 Å². The normalized spacial score (nSPS) is 33.2. The summed E-state index contributed by atoms with van der Waals surface area (Å²) >= 11 is 0. The number of anilines is 1. The molecule has 2 amide bonds. The summed E-state index contributed by atoms with van der Waals surface area (Å²) in [7, 11) is 0. The summed E-state index contributed by atoms with van der Waals surface area (Å²) in [5, 5.41) is 25.3. The molecule has 0 aromatic heterocycles. The largest absolute Gasteiger partial charge is 0.391 e. The molecular weight excluding hydrogens is 530 g/mol. The van der Waals surface area contributed by atoms with Crippen LogP contribution in [0.1, 0.15) is 66.2 Å². The third-order valence-electron chi connectivity index (χ3n) is 10.3. The molecule has 10 heteroatoms. The van der Waals surface area contributed by atoms with Crippen molar-refractivity contribution in [1.82, 2.24) is 10.2 Å². The number of aliphatic hydroxyl groups excluding tert-OH is 1. The molecule has 4 aliphatic carbocycles. The topological polar surface area (TPSA) is 119 Å². The molecule has 0 radical (unpaired) electrons. The average Bonchev–Trinajstić information content (AvgIpc) is 2.85. The molecule has 5 atom stereocenters. The van der Waals surface area contributed by atoms with Gasteiger partial charge in [-0.1, -0.05) is 19.9 Å². The molecule has 1 aromatic rings. The molecule has 2 unspecified atom stereocenters. The number of rotatable bonds is 9. The molecule has 5 aliphatic rings. The zero-order chi connectivity index (χ0) is 29.9. The van der Waals surface area contributed by atoms with Gasteiger partial charge in [0.05, 0.1) is 18.2 Å². The second-order valence-electron chi connectivity index (χ2n) is 14.3. The summed E-state index contributed by atoms with van der Waals surface area (Å²) < 4.78 is 28.9. The first-order valence-corrected chi connectivity index (χ1v) is 15.1. The van der Waals surface area contributed by atoms with E-state index in [-0.39, 0.29) is 49.6 Å².